The second-order valence-corrected chi connectivity index (χ2v) is 2.29. The van der Waals surface area contributed by atoms with Gasteiger partial charge >= 0.3 is 6.36 Å². The molecule has 0 aromatic carbocycles. The van der Waals surface area contributed by atoms with Crippen molar-refractivity contribution in [3.05, 3.63) is 36.3 Å². The van der Waals surface area contributed by atoms with Crippen molar-refractivity contribution in [3.8, 4) is 0 Å². The van der Waals surface area contributed by atoms with Crippen LogP contribution in [0.3, 0.4) is 0 Å². The quantitative estimate of drug-likeness (QED) is 0.552. The van der Waals surface area contributed by atoms with Gasteiger partial charge in [0.15, 0.2) is 0 Å². The zero-order valence-electron chi connectivity index (χ0n) is 7.06. The summed E-state index contributed by atoms with van der Waals surface area (Å²) in [5.74, 6) is 0. The first-order valence-corrected chi connectivity index (χ1v) is 3.35. The van der Waals surface area contributed by atoms with Gasteiger partial charge in [-0.25, -0.2) is 0 Å². The van der Waals surface area contributed by atoms with E-state index in [1.54, 1.807) is 6.92 Å². The van der Waals surface area contributed by atoms with Crippen molar-refractivity contribution >= 4 is 0 Å². The minimum Gasteiger partial charge on any atom is -0.414 e. The van der Waals surface area contributed by atoms with E-state index in [0.717, 1.165) is 6.08 Å². The van der Waals surface area contributed by atoms with E-state index in [2.05, 4.69) is 11.3 Å². The van der Waals surface area contributed by atoms with E-state index < -0.39 is 6.36 Å². The molecule has 0 fully saturated rings. The number of halogens is 3. The Morgan fingerprint density at radius 2 is 2.00 bits per heavy atom. The Labute approximate surface area is 74.2 Å². The van der Waals surface area contributed by atoms with Gasteiger partial charge in [-0.2, -0.15) is 0 Å². The third-order valence-electron chi connectivity index (χ3n) is 1.05. The molecule has 0 amide bonds. The Balaban J connectivity index is 4.02. The summed E-state index contributed by atoms with van der Waals surface area (Å²) in [6.45, 7) is 5.14. The third kappa shape index (κ3) is 6.99. The molecule has 0 heterocycles. The predicted molar refractivity (Wildman–Crippen MR) is 43.4 cm³/mol. The summed E-state index contributed by atoms with van der Waals surface area (Å²) in [5.41, 5.74) is 6.23. The lowest BCUT2D eigenvalue weighted by Gasteiger charge is -2.02. The van der Waals surface area contributed by atoms with Crippen LogP contribution in [0.25, 0.3) is 0 Å². The smallest absolute Gasteiger partial charge is 0.414 e. The minimum atomic E-state index is -4.65. The van der Waals surface area contributed by atoms with Gasteiger partial charge in [-0.1, -0.05) is 6.58 Å². The molecule has 0 aliphatic carbocycles. The molecule has 2 N–H and O–H groups in total. The highest BCUT2D eigenvalue weighted by atomic mass is 19.4. The maximum atomic E-state index is 11.4. The molecule has 0 spiro atoms. The second kappa shape index (κ2) is 4.59. The number of allylic oxidation sites excluding steroid dienone is 3. The molecule has 74 valence electrons. The van der Waals surface area contributed by atoms with Crippen LogP contribution < -0.4 is 5.73 Å². The van der Waals surface area contributed by atoms with Crippen LogP contribution in [-0.4, -0.2) is 6.36 Å². The van der Waals surface area contributed by atoms with Gasteiger partial charge in [0.05, 0.1) is 6.26 Å². The van der Waals surface area contributed by atoms with Crippen LogP contribution in [-0.2, 0) is 4.74 Å². The molecular formula is C8H10F3NO. The lowest BCUT2D eigenvalue weighted by atomic mass is 10.2. The minimum absolute atomic E-state index is 0.307. The molecule has 13 heavy (non-hydrogen) atoms. The average Bonchev–Trinajstić information content (AvgIpc) is 1.95. The van der Waals surface area contributed by atoms with Gasteiger partial charge in [-0.05, 0) is 24.6 Å². The van der Waals surface area contributed by atoms with Gasteiger partial charge in [0.2, 0.25) is 0 Å². The summed E-state index contributed by atoms with van der Waals surface area (Å²) < 4.78 is 37.5. The highest BCUT2D eigenvalue weighted by molar-refractivity contribution is 5.26. The molecule has 0 aromatic heterocycles. The van der Waals surface area contributed by atoms with Crippen LogP contribution in [0.2, 0.25) is 0 Å². The monoisotopic (exact) mass is 193 g/mol. The Bertz CT molecular complexity index is 240. The molecule has 0 aromatic rings. The van der Waals surface area contributed by atoms with Gasteiger partial charge in [-0.3, -0.25) is 0 Å². The molecule has 0 radical (unpaired) electrons. The first-order valence-electron chi connectivity index (χ1n) is 3.35. The van der Waals surface area contributed by atoms with Gasteiger partial charge in [0.25, 0.3) is 0 Å². The first kappa shape index (κ1) is 11.6. The summed E-state index contributed by atoms with van der Waals surface area (Å²) in [6.07, 6.45) is -1.82. The summed E-state index contributed by atoms with van der Waals surface area (Å²) in [4.78, 5) is 0. The standard InChI is InChI=1S/C8H10F3NO/c1-6(2)7(12)4-3-5-13-8(9,10)11/h3-5H,1,12H2,2H3/b5-3+,7-4+. The van der Waals surface area contributed by atoms with E-state index >= 15 is 0 Å². The van der Waals surface area contributed by atoms with Crippen LogP contribution in [0.15, 0.2) is 36.3 Å². The zero-order chi connectivity index (χ0) is 10.5. The number of rotatable bonds is 3. The molecular weight excluding hydrogens is 183 g/mol. The number of ether oxygens (including phenoxy) is 1. The number of hydrogen-bond acceptors (Lipinski definition) is 2. The summed E-state index contributed by atoms with van der Waals surface area (Å²) >= 11 is 0. The van der Waals surface area contributed by atoms with Crippen LogP contribution in [0.1, 0.15) is 6.92 Å². The highest BCUT2D eigenvalue weighted by Crippen LogP contribution is 2.16. The fourth-order valence-electron chi connectivity index (χ4n) is 0.402. The van der Waals surface area contributed by atoms with Crippen molar-refractivity contribution in [2.24, 2.45) is 5.73 Å². The lowest BCUT2D eigenvalue weighted by Crippen LogP contribution is -2.08. The SMILES string of the molecule is C=C(C)/C(N)=C\C=C\OC(F)(F)F. The van der Waals surface area contributed by atoms with Crippen molar-refractivity contribution in [2.45, 2.75) is 13.3 Å². The Hall–Kier alpha value is -1.39. The van der Waals surface area contributed by atoms with Crippen molar-refractivity contribution in [3.63, 3.8) is 0 Å². The molecule has 0 saturated carbocycles. The largest absolute Gasteiger partial charge is 0.572 e. The van der Waals surface area contributed by atoms with Crippen molar-refractivity contribution in [2.75, 3.05) is 0 Å². The van der Waals surface area contributed by atoms with Crippen molar-refractivity contribution < 1.29 is 17.9 Å². The van der Waals surface area contributed by atoms with E-state index in [0.29, 0.717) is 17.5 Å². The summed E-state index contributed by atoms with van der Waals surface area (Å²) in [6, 6.07) is 0. The molecule has 0 unspecified atom stereocenters. The molecule has 0 aliphatic rings. The van der Waals surface area contributed by atoms with Gasteiger partial charge in [0.1, 0.15) is 0 Å². The third-order valence-corrected chi connectivity index (χ3v) is 1.05. The normalized spacial score (nSPS) is 13.4. The molecule has 0 aliphatic heterocycles. The van der Waals surface area contributed by atoms with E-state index in [-0.39, 0.29) is 0 Å². The maximum Gasteiger partial charge on any atom is 0.572 e. The van der Waals surface area contributed by atoms with Crippen LogP contribution in [0, 0.1) is 0 Å². The van der Waals surface area contributed by atoms with Crippen molar-refractivity contribution in [1.82, 2.24) is 0 Å². The van der Waals surface area contributed by atoms with E-state index in [1.165, 1.54) is 6.08 Å². The van der Waals surface area contributed by atoms with Gasteiger partial charge in [0, 0.05) is 5.70 Å². The Kier molecular flexibility index (Phi) is 4.10. The van der Waals surface area contributed by atoms with Crippen molar-refractivity contribution in [1.29, 1.82) is 0 Å². The molecule has 0 rings (SSSR count). The van der Waals surface area contributed by atoms with E-state index in [4.69, 9.17) is 5.73 Å². The molecule has 0 bridgehead atoms. The second-order valence-electron chi connectivity index (χ2n) is 2.29. The fourth-order valence-corrected chi connectivity index (χ4v) is 0.402. The summed E-state index contributed by atoms with van der Waals surface area (Å²) in [7, 11) is 0. The molecule has 2 nitrogen and oxygen atoms in total. The number of hydrogen-bond donors (Lipinski definition) is 1. The van der Waals surface area contributed by atoms with Crippen LogP contribution in [0.4, 0.5) is 13.2 Å². The number of nitrogens with two attached hydrogens (primary N) is 1. The Morgan fingerprint density at radius 1 is 1.46 bits per heavy atom. The maximum absolute atomic E-state index is 11.4. The fraction of sp³-hybridized carbons (Fsp3) is 0.250. The topological polar surface area (TPSA) is 35.2 Å². The number of alkyl halides is 3. The lowest BCUT2D eigenvalue weighted by molar-refractivity contribution is -0.298. The van der Waals surface area contributed by atoms with Gasteiger partial charge < -0.3 is 10.5 Å². The molecule has 5 heteroatoms. The first-order chi connectivity index (χ1) is 5.83. The zero-order valence-corrected chi connectivity index (χ0v) is 7.06. The average molecular weight is 193 g/mol. The van der Waals surface area contributed by atoms with Crippen LogP contribution >= 0.6 is 0 Å². The molecule has 0 saturated heterocycles. The highest BCUT2D eigenvalue weighted by Gasteiger charge is 2.28. The van der Waals surface area contributed by atoms with E-state index in [1.807, 2.05) is 0 Å². The summed E-state index contributed by atoms with van der Waals surface area (Å²) in [5, 5.41) is 0. The van der Waals surface area contributed by atoms with Crippen LogP contribution in [0.5, 0.6) is 0 Å². The van der Waals surface area contributed by atoms with Gasteiger partial charge in [-0.15, -0.1) is 13.2 Å². The predicted octanol–water partition coefficient (Wildman–Crippen LogP) is 2.46. The Morgan fingerprint density at radius 3 is 2.38 bits per heavy atom. The van der Waals surface area contributed by atoms with E-state index in [9.17, 15) is 13.2 Å². The molecule has 0 atom stereocenters.